The number of aromatic nitrogens is 1. The zero-order chi connectivity index (χ0) is 21.4. The van der Waals surface area contributed by atoms with Gasteiger partial charge in [-0.25, -0.2) is 4.98 Å². The zero-order valence-corrected chi connectivity index (χ0v) is 17.3. The summed E-state index contributed by atoms with van der Waals surface area (Å²) in [6.45, 7) is 2.87. The van der Waals surface area contributed by atoms with Crippen molar-refractivity contribution in [1.82, 2.24) is 9.88 Å². The molecule has 0 saturated carbocycles. The standard InChI is InChI=1S/C25H23N3O3/c1-16-26-22-14-19(11-12-23(22)31-16)27-24(29)18-8-5-13-28(15-18)25(30)21-10-4-7-17-6-2-3-9-20(17)21/h2-4,6-7,9-12,14,18H,5,8,13,15H2,1H3,(H,27,29). The second kappa shape index (κ2) is 7.87. The second-order valence-electron chi connectivity index (χ2n) is 8.02. The van der Waals surface area contributed by atoms with Crippen molar-refractivity contribution in [2.45, 2.75) is 19.8 Å². The first kappa shape index (κ1) is 19.3. The maximum absolute atomic E-state index is 13.3. The Balaban J connectivity index is 1.32. The summed E-state index contributed by atoms with van der Waals surface area (Å²) in [5, 5.41) is 4.97. The number of amides is 2. The molecule has 1 aliphatic heterocycles. The number of nitrogens with zero attached hydrogens (tertiary/aromatic N) is 2. The summed E-state index contributed by atoms with van der Waals surface area (Å²) in [4.78, 5) is 32.3. The van der Waals surface area contributed by atoms with E-state index in [0.717, 1.165) is 23.6 Å². The molecule has 1 fully saturated rings. The predicted octanol–water partition coefficient (Wildman–Crippen LogP) is 4.78. The molecule has 0 aliphatic carbocycles. The van der Waals surface area contributed by atoms with Gasteiger partial charge < -0.3 is 14.6 Å². The van der Waals surface area contributed by atoms with E-state index in [1.54, 1.807) is 11.8 Å². The molecule has 1 atom stereocenters. The summed E-state index contributed by atoms with van der Waals surface area (Å²) in [7, 11) is 0. The van der Waals surface area contributed by atoms with E-state index >= 15 is 0 Å². The van der Waals surface area contributed by atoms with Crippen LogP contribution in [0.4, 0.5) is 5.69 Å². The molecule has 1 aromatic heterocycles. The number of aryl methyl sites for hydroxylation is 1. The number of nitrogens with one attached hydrogen (secondary N) is 1. The Morgan fingerprint density at radius 1 is 1.10 bits per heavy atom. The average molecular weight is 413 g/mol. The highest BCUT2D eigenvalue weighted by Crippen LogP contribution is 2.25. The highest BCUT2D eigenvalue weighted by Gasteiger charge is 2.29. The Morgan fingerprint density at radius 2 is 1.94 bits per heavy atom. The van der Waals surface area contributed by atoms with E-state index in [1.807, 2.05) is 60.7 Å². The maximum atomic E-state index is 13.3. The molecule has 2 amide bonds. The summed E-state index contributed by atoms with van der Waals surface area (Å²) >= 11 is 0. The lowest BCUT2D eigenvalue weighted by atomic mass is 9.95. The number of likely N-dealkylation sites (tertiary alicyclic amines) is 1. The number of benzene rings is 3. The Hall–Kier alpha value is -3.67. The summed E-state index contributed by atoms with van der Waals surface area (Å²) in [6, 6.07) is 19.1. The zero-order valence-electron chi connectivity index (χ0n) is 17.3. The maximum Gasteiger partial charge on any atom is 0.254 e. The minimum Gasteiger partial charge on any atom is -0.441 e. The number of fused-ring (bicyclic) bond motifs is 2. The Morgan fingerprint density at radius 3 is 2.84 bits per heavy atom. The van der Waals surface area contributed by atoms with E-state index in [9.17, 15) is 9.59 Å². The molecule has 156 valence electrons. The van der Waals surface area contributed by atoms with Crippen LogP contribution in [0, 0.1) is 12.8 Å². The largest absolute Gasteiger partial charge is 0.441 e. The third-order valence-corrected chi connectivity index (χ3v) is 5.86. The smallest absolute Gasteiger partial charge is 0.254 e. The van der Waals surface area contributed by atoms with Gasteiger partial charge in [-0.2, -0.15) is 0 Å². The average Bonchev–Trinajstić information content (AvgIpc) is 3.17. The quantitative estimate of drug-likeness (QED) is 0.524. The highest BCUT2D eigenvalue weighted by molar-refractivity contribution is 6.07. The van der Waals surface area contributed by atoms with Gasteiger partial charge in [0.1, 0.15) is 5.52 Å². The van der Waals surface area contributed by atoms with Crippen LogP contribution in [-0.2, 0) is 4.79 Å². The molecule has 0 radical (unpaired) electrons. The van der Waals surface area contributed by atoms with Crippen molar-refractivity contribution in [3.05, 3.63) is 72.1 Å². The molecule has 4 aromatic rings. The van der Waals surface area contributed by atoms with E-state index < -0.39 is 0 Å². The molecule has 0 bridgehead atoms. The molecule has 1 saturated heterocycles. The van der Waals surface area contributed by atoms with Crippen LogP contribution in [0.3, 0.4) is 0 Å². The van der Waals surface area contributed by atoms with Crippen molar-refractivity contribution in [1.29, 1.82) is 0 Å². The van der Waals surface area contributed by atoms with Gasteiger partial charge in [0.25, 0.3) is 5.91 Å². The number of hydrogen-bond donors (Lipinski definition) is 1. The van der Waals surface area contributed by atoms with E-state index in [0.29, 0.717) is 41.3 Å². The fourth-order valence-corrected chi connectivity index (χ4v) is 4.32. The van der Waals surface area contributed by atoms with Crippen LogP contribution in [0.25, 0.3) is 21.9 Å². The van der Waals surface area contributed by atoms with E-state index in [1.165, 1.54) is 0 Å². The Labute approximate surface area is 179 Å². The summed E-state index contributed by atoms with van der Waals surface area (Å²) in [6.07, 6.45) is 1.56. The monoisotopic (exact) mass is 413 g/mol. The number of piperidine rings is 1. The fourth-order valence-electron chi connectivity index (χ4n) is 4.32. The third kappa shape index (κ3) is 3.77. The SMILES string of the molecule is Cc1nc2cc(NC(=O)C3CCCN(C(=O)c4cccc5ccccc45)C3)ccc2o1. The van der Waals surface area contributed by atoms with Crippen LogP contribution in [0.15, 0.2) is 65.1 Å². The first-order valence-corrected chi connectivity index (χ1v) is 10.5. The molecule has 6 nitrogen and oxygen atoms in total. The second-order valence-corrected chi connectivity index (χ2v) is 8.02. The highest BCUT2D eigenvalue weighted by atomic mass is 16.3. The van der Waals surface area contributed by atoms with Crippen LogP contribution >= 0.6 is 0 Å². The third-order valence-electron chi connectivity index (χ3n) is 5.86. The molecule has 0 spiro atoms. The van der Waals surface area contributed by atoms with Gasteiger partial charge in [0.2, 0.25) is 5.91 Å². The van der Waals surface area contributed by atoms with Gasteiger partial charge in [-0.3, -0.25) is 9.59 Å². The van der Waals surface area contributed by atoms with Crippen LogP contribution in [0.2, 0.25) is 0 Å². The van der Waals surface area contributed by atoms with Gasteiger partial charge in [-0.05, 0) is 47.9 Å². The Bertz CT molecular complexity index is 1290. The molecule has 2 heterocycles. The first-order chi connectivity index (χ1) is 15.1. The number of rotatable bonds is 3. The summed E-state index contributed by atoms with van der Waals surface area (Å²) in [5.74, 6) is 0.250. The van der Waals surface area contributed by atoms with Crippen molar-refractivity contribution >= 4 is 39.4 Å². The number of carbonyl (C=O) groups excluding carboxylic acids is 2. The van der Waals surface area contributed by atoms with Crippen molar-refractivity contribution in [2.24, 2.45) is 5.92 Å². The summed E-state index contributed by atoms with van der Waals surface area (Å²) in [5.41, 5.74) is 2.78. The van der Waals surface area contributed by atoms with Crippen LogP contribution < -0.4 is 5.32 Å². The summed E-state index contributed by atoms with van der Waals surface area (Å²) < 4.78 is 5.49. The number of oxazole rings is 1. The van der Waals surface area contributed by atoms with E-state index in [-0.39, 0.29) is 17.7 Å². The van der Waals surface area contributed by atoms with Gasteiger partial charge in [0.05, 0.1) is 5.92 Å². The minimum absolute atomic E-state index is 0.0196. The van der Waals surface area contributed by atoms with Gasteiger partial charge in [-0.1, -0.05) is 36.4 Å². The van der Waals surface area contributed by atoms with Crippen molar-refractivity contribution in [3.8, 4) is 0 Å². The molecule has 1 N–H and O–H groups in total. The fraction of sp³-hybridized carbons (Fsp3) is 0.240. The first-order valence-electron chi connectivity index (χ1n) is 10.5. The van der Waals surface area contributed by atoms with Crippen molar-refractivity contribution in [2.75, 3.05) is 18.4 Å². The minimum atomic E-state index is -0.248. The van der Waals surface area contributed by atoms with Gasteiger partial charge in [-0.15, -0.1) is 0 Å². The van der Waals surface area contributed by atoms with Gasteiger partial charge >= 0.3 is 0 Å². The lowest BCUT2D eigenvalue weighted by Crippen LogP contribution is -2.43. The lowest BCUT2D eigenvalue weighted by molar-refractivity contribution is -0.121. The number of carbonyl (C=O) groups is 2. The van der Waals surface area contributed by atoms with Crippen LogP contribution in [-0.4, -0.2) is 34.8 Å². The molecule has 1 aliphatic rings. The predicted molar refractivity (Wildman–Crippen MR) is 120 cm³/mol. The van der Waals surface area contributed by atoms with Crippen LogP contribution in [0.5, 0.6) is 0 Å². The van der Waals surface area contributed by atoms with E-state index in [4.69, 9.17) is 4.42 Å². The van der Waals surface area contributed by atoms with Crippen molar-refractivity contribution in [3.63, 3.8) is 0 Å². The van der Waals surface area contributed by atoms with E-state index in [2.05, 4.69) is 10.3 Å². The van der Waals surface area contributed by atoms with Crippen molar-refractivity contribution < 1.29 is 14.0 Å². The molecular weight excluding hydrogens is 390 g/mol. The number of anilines is 1. The molecule has 31 heavy (non-hydrogen) atoms. The molecule has 6 heteroatoms. The van der Waals surface area contributed by atoms with Gasteiger partial charge in [0, 0.05) is 31.3 Å². The van der Waals surface area contributed by atoms with Gasteiger partial charge in [0.15, 0.2) is 11.5 Å². The number of hydrogen-bond acceptors (Lipinski definition) is 4. The molecule has 5 rings (SSSR count). The Kier molecular flexibility index (Phi) is 4.90. The van der Waals surface area contributed by atoms with Crippen LogP contribution in [0.1, 0.15) is 29.1 Å². The molecular formula is C25H23N3O3. The molecule has 3 aromatic carbocycles. The normalized spacial score (nSPS) is 16.5. The molecule has 1 unspecified atom stereocenters. The lowest BCUT2D eigenvalue weighted by Gasteiger charge is -2.32. The topological polar surface area (TPSA) is 75.4 Å².